The molecule has 0 amide bonds. The van der Waals surface area contributed by atoms with Gasteiger partial charge in [0.1, 0.15) is 0 Å². The molecule has 2 heteroatoms. The number of rotatable bonds is 6. The summed E-state index contributed by atoms with van der Waals surface area (Å²) in [6.07, 6.45) is 5.53. The molecule has 84 valence electrons. The normalized spacial score (nSPS) is 14.9. The van der Waals surface area contributed by atoms with Crippen LogP contribution in [-0.2, 0) is 4.74 Å². The Balaban J connectivity index is 3.44. The Bertz CT molecular complexity index is 158. The molecular weight excluding hydrogens is 174 g/mol. The second-order valence-electron chi connectivity index (χ2n) is 4.83. The van der Waals surface area contributed by atoms with Crippen molar-refractivity contribution in [3.8, 4) is 0 Å². The minimum absolute atomic E-state index is 0.228. The van der Waals surface area contributed by atoms with Crippen LogP contribution in [-0.4, -0.2) is 25.8 Å². The van der Waals surface area contributed by atoms with Crippen LogP contribution in [0.3, 0.4) is 0 Å². The van der Waals surface area contributed by atoms with Crippen molar-refractivity contribution in [3.05, 3.63) is 12.2 Å². The maximum absolute atomic E-state index is 5.05. The third-order valence-corrected chi connectivity index (χ3v) is 1.86. The zero-order chi connectivity index (χ0) is 11.0. The molecule has 0 rings (SSSR count). The van der Waals surface area contributed by atoms with Crippen molar-refractivity contribution in [2.75, 3.05) is 20.3 Å². The number of nitrogens with one attached hydrogen (secondary N) is 1. The van der Waals surface area contributed by atoms with Gasteiger partial charge in [-0.2, -0.15) is 0 Å². The largest absolute Gasteiger partial charge is 0.384 e. The highest BCUT2D eigenvalue weighted by Gasteiger charge is 2.06. The van der Waals surface area contributed by atoms with E-state index in [1.54, 1.807) is 7.11 Å². The first-order valence-corrected chi connectivity index (χ1v) is 5.36. The van der Waals surface area contributed by atoms with Crippen molar-refractivity contribution in [3.63, 3.8) is 0 Å². The van der Waals surface area contributed by atoms with E-state index in [4.69, 9.17) is 4.74 Å². The lowest BCUT2D eigenvalue weighted by atomic mass is 10.1. The molecule has 0 spiro atoms. The zero-order valence-electron chi connectivity index (χ0n) is 10.3. The van der Waals surface area contributed by atoms with E-state index in [0.717, 1.165) is 19.6 Å². The molecule has 0 bridgehead atoms. The van der Waals surface area contributed by atoms with Gasteiger partial charge in [-0.3, -0.25) is 0 Å². The van der Waals surface area contributed by atoms with Gasteiger partial charge in [0.15, 0.2) is 0 Å². The maximum Gasteiger partial charge on any atom is 0.0522 e. The van der Waals surface area contributed by atoms with Crippen LogP contribution in [0.5, 0.6) is 0 Å². The molecule has 2 nitrogen and oxygen atoms in total. The van der Waals surface area contributed by atoms with Crippen LogP contribution in [0.1, 0.15) is 34.1 Å². The van der Waals surface area contributed by atoms with Gasteiger partial charge in [-0.05, 0) is 39.7 Å². The van der Waals surface area contributed by atoms with E-state index in [1.165, 1.54) is 0 Å². The van der Waals surface area contributed by atoms with Crippen molar-refractivity contribution >= 4 is 0 Å². The molecule has 0 heterocycles. The summed E-state index contributed by atoms with van der Waals surface area (Å²) in [6, 6.07) is 0. The molecule has 0 aromatic rings. The van der Waals surface area contributed by atoms with Gasteiger partial charge in [0.05, 0.1) is 6.61 Å². The smallest absolute Gasteiger partial charge is 0.0522 e. The summed E-state index contributed by atoms with van der Waals surface area (Å²) in [5, 5.41) is 3.45. The second-order valence-corrected chi connectivity index (χ2v) is 4.83. The van der Waals surface area contributed by atoms with Crippen LogP contribution in [0.2, 0.25) is 0 Å². The van der Waals surface area contributed by atoms with Crippen molar-refractivity contribution in [2.24, 2.45) is 5.92 Å². The summed E-state index contributed by atoms with van der Waals surface area (Å²) in [5.74, 6) is 0.523. The first-order valence-electron chi connectivity index (χ1n) is 5.36. The van der Waals surface area contributed by atoms with Gasteiger partial charge in [0.2, 0.25) is 0 Å². The second kappa shape index (κ2) is 7.02. The summed E-state index contributed by atoms with van der Waals surface area (Å²) < 4.78 is 5.05. The summed E-state index contributed by atoms with van der Waals surface area (Å²) in [7, 11) is 1.74. The van der Waals surface area contributed by atoms with Gasteiger partial charge >= 0.3 is 0 Å². The monoisotopic (exact) mass is 199 g/mol. The predicted molar refractivity (Wildman–Crippen MR) is 62.6 cm³/mol. The standard InChI is InChI=1S/C12H25NO/c1-11(10-14-5)8-6-7-9-13-12(2,3)4/h6,8,11,13H,7,9-10H2,1-5H3/b8-6+. The molecule has 0 saturated heterocycles. The summed E-state index contributed by atoms with van der Waals surface area (Å²) >= 11 is 0. The van der Waals surface area contributed by atoms with Gasteiger partial charge in [0.25, 0.3) is 0 Å². The molecular formula is C12H25NO. The van der Waals surface area contributed by atoms with Crippen LogP contribution in [0, 0.1) is 5.92 Å². The lowest BCUT2D eigenvalue weighted by Gasteiger charge is -2.19. The molecule has 0 aromatic carbocycles. The van der Waals surface area contributed by atoms with Crippen molar-refractivity contribution < 1.29 is 4.74 Å². The number of hydrogen-bond donors (Lipinski definition) is 1. The molecule has 0 radical (unpaired) electrons. The highest BCUT2D eigenvalue weighted by molar-refractivity contribution is 4.87. The van der Waals surface area contributed by atoms with Gasteiger partial charge in [-0.15, -0.1) is 0 Å². The van der Waals surface area contributed by atoms with Gasteiger partial charge < -0.3 is 10.1 Å². The van der Waals surface area contributed by atoms with E-state index in [9.17, 15) is 0 Å². The molecule has 14 heavy (non-hydrogen) atoms. The van der Waals surface area contributed by atoms with Crippen LogP contribution < -0.4 is 5.32 Å². The Labute approximate surface area is 88.7 Å². The average molecular weight is 199 g/mol. The van der Waals surface area contributed by atoms with E-state index >= 15 is 0 Å². The third kappa shape index (κ3) is 9.75. The minimum atomic E-state index is 0.228. The van der Waals surface area contributed by atoms with E-state index in [2.05, 4.69) is 45.2 Å². The minimum Gasteiger partial charge on any atom is -0.384 e. The maximum atomic E-state index is 5.05. The zero-order valence-corrected chi connectivity index (χ0v) is 10.3. The fourth-order valence-electron chi connectivity index (χ4n) is 1.18. The molecule has 0 aliphatic carbocycles. The van der Waals surface area contributed by atoms with E-state index < -0.39 is 0 Å². The Hall–Kier alpha value is -0.340. The third-order valence-electron chi connectivity index (χ3n) is 1.86. The van der Waals surface area contributed by atoms with Crippen LogP contribution in [0.4, 0.5) is 0 Å². The van der Waals surface area contributed by atoms with Gasteiger partial charge in [-0.25, -0.2) is 0 Å². The molecule has 1 unspecified atom stereocenters. The summed E-state index contributed by atoms with van der Waals surface area (Å²) in [5.41, 5.74) is 0.228. The number of methoxy groups -OCH3 is 1. The Morgan fingerprint density at radius 2 is 2.00 bits per heavy atom. The molecule has 0 aliphatic rings. The average Bonchev–Trinajstić information content (AvgIpc) is 2.02. The molecule has 0 saturated carbocycles. The van der Waals surface area contributed by atoms with Crippen molar-refractivity contribution in [1.29, 1.82) is 0 Å². The molecule has 1 N–H and O–H groups in total. The topological polar surface area (TPSA) is 21.3 Å². The van der Waals surface area contributed by atoms with Crippen LogP contribution >= 0.6 is 0 Å². The quantitative estimate of drug-likeness (QED) is 0.524. The van der Waals surface area contributed by atoms with Crippen LogP contribution in [0.25, 0.3) is 0 Å². The summed E-state index contributed by atoms with van der Waals surface area (Å²) in [4.78, 5) is 0. The van der Waals surface area contributed by atoms with Crippen molar-refractivity contribution in [1.82, 2.24) is 5.32 Å². The highest BCUT2D eigenvalue weighted by Crippen LogP contribution is 2.00. The van der Waals surface area contributed by atoms with Crippen molar-refractivity contribution in [2.45, 2.75) is 39.7 Å². The lowest BCUT2D eigenvalue weighted by Crippen LogP contribution is -2.36. The molecule has 0 fully saturated rings. The molecule has 1 atom stereocenters. The lowest BCUT2D eigenvalue weighted by molar-refractivity contribution is 0.176. The van der Waals surface area contributed by atoms with Gasteiger partial charge in [0, 0.05) is 12.6 Å². The Kier molecular flexibility index (Phi) is 6.85. The fraction of sp³-hybridized carbons (Fsp3) is 0.833. The Morgan fingerprint density at radius 1 is 1.36 bits per heavy atom. The number of ether oxygens (including phenoxy) is 1. The van der Waals surface area contributed by atoms with E-state index in [-0.39, 0.29) is 5.54 Å². The molecule has 0 aromatic heterocycles. The Morgan fingerprint density at radius 3 is 2.50 bits per heavy atom. The summed E-state index contributed by atoms with van der Waals surface area (Å²) in [6.45, 7) is 10.6. The van der Waals surface area contributed by atoms with E-state index in [0.29, 0.717) is 5.92 Å². The fourth-order valence-corrected chi connectivity index (χ4v) is 1.18. The van der Waals surface area contributed by atoms with Crippen LogP contribution in [0.15, 0.2) is 12.2 Å². The SMILES string of the molecule is COCC(C)/C=C/CCNC(C)(C)C. The highest BCUT2D eigenvalue weighted by atomic mass is 16.5. The molecule has 0 aliphatic heterocycles. The number of hydrogen-bond acceptors (Lipinski definition) is 2. The first kappa shape index (κ1) is 13.7. The predicted octanol–water partition coefficient (Wildman–Crippen LogP) is 2.60. The van der Waals surface area contributed by atoms with Gasteiger partial charge in [-0.1, -0.05) is 19.1 Å². The van der Waals surface area contributed by atoms with E-state index in [1.807, 2.05) is 0 Å². The first-order chi connectivity index (χ1) is 6.45.